The second-order valence-electron chi connectivity index (χ2n) is 6.44. The summed E-state index contributed by atoms with van der Waals surface area (Å²) in [5.41, 5.74) is 0.454. The Morgan fingerprint density at radius 1 is 1.16 bits per heavy atom. The fourth-order valence-corrected chi connectivity index (χ4v) is 4.06. The number of hydrogen-bond acceptors (Lipinski definition) is 8. The Hall–Kier alpha value is -3.30. The molecule has 0 fully saturated rings. The Morgan fingerprint density at radius 3 is 2.62 bits per heavy atom. The van der Waals surface area contributed by atoms with Gasteiger partial charge in [-0.3, -0.25) is 4.79 Å². The third-order valence-corrected chi connectivity index (χ3v) is 5.71. The summed E-state index contributed by atoms with van der Waals surface area (Å²) in [5.74, 6) is -0.880. The molecule has 0 atom stereocenters. The van der Waals surface area contributed by atoms with E-state index in [4.69, 9.17) is 30.2 Å². The summed E-state index contributed by atoms with van der Waals surface area (Å²) in [6, 6.07) is 9.97. The molecule has 2 heterocycles. The number of nitrogens with one attached hydrogen (secondary N) is 1. The van der Waals surface area contributed by atoms with E-state index < -0.39 is 17.8 Å². The lowest BCUT2D eigenvalue weighted by molar-refractivity contribution is 0.0531. The van der Waals surface area contributed by atoms with E-state index in [-0.39, 0.29) is 34.4 Å². The van der Waals surface area contributed by atoms with Crippen LogP contribution in [-0.2, 0) is 16.1 Å². The van der Waals surface area contributed by atoms with Gasteiger partial charge in [0.15, 0.2) is 5.76 Å². The molecule has 0 spiro atoms. The van der Waals surface area contributed by atoms with Crippen LogP contribution in [0.2, 0.25) is 5.02 Å². The molecule has 8 nitrogen and oxygen atoms in total. The zero-order valence-corrected chi connectivity index (χ0v) is 19.1. The molecule has 0 unspecified atom stereocenters. The van der Waals surface area contributed by atoms with E-state index in [0.717, 1.165) is 11.3 Å². The highest BCUT2D eigenvalue weighted by molar-refractivity contribution is 7.18. The van der Waals surface area contributed by atoms with Crippen LogP contribution >= 0.6 is 22.9 Å². The number of benzene rings is 1. The quantitative estimate of drug-likeness (QED) is 0.450. The topological polar surface area (TPSA) is 104 Å². The van der Waals surface area contributed by atoms with Gasteiger partial charge in [-0.05, 0) is 49.7 Å². The van der Waals surface area contributed by atoms with Crippen molar-refractivity contribution in [1.29, 1.82) is 0 Å². The Balaban J connectivity index is 1.76. The van der Waals surface area contributed by atoms with Crippen molar-refractivity contribution in [2.45, 2.75) is 20.5 Å². The maximum Gasteiger partial charge on any atom is 0.348 e. The van der Waals surface area contributed by atoms with Crippen molar-refractivity contribution >= 4 is 45.8 Å². The highest BCUT2D eigenvalue weighted by Gasteiger charge is 2.27. The van der Waals surface area contributed by atoms with Crippen molar-refractivity contribution in [3.8, 4) is 5.75 Å². The molecule has 2 aromatic heterocycles. The number of carbonyl (C=O) groups is 3. The van der Waals surface area contributed by atoms with Gasteiger partial charge in [0.25, 0.3) is 5.91 Å². The summed E-state index contributed by atoms with van der Waals surface area (Å²) in [6.45, 7) is 3.53. The average molecular weight is 478 g/mol. The number of carbonyl (C=O) groups excluding carboxylic acids is 3. The van der Waals surface area contributed by atoms with Crippen LogP contribution < -0.4 is 10.1 Å². The monoisotopic (exact) mass is 477 g/mol. The van der Waals surface area contributed by atoms with E-state index in [1.807, 2.05) is 0 Å². The summed E-state index contributed by atoms with van der Waals surface area (Å²) in [5, 5.41) is 3.32. The fraction of sp³-hybridized carbons (Fsp3) is 0.227. The zero-order chi connectivity index (χ0) is 23.3. The predicted molar refractivity (Wildman–Crippen MR) is 119 cm³/mol. The first-order valence-corrected chi connectivity index (χ1v) is 10.7. The van der Waals surface area contributed by atoms with Gasteiger partial charge in [-0.25, -0.2) is 9.59 Å². The average Bonchev–Trinajstić information content (AvgIpc) is 3.37. The van der Waals surface area contributed by atoms with Gasteiger partial charge in [0, 0.05) is 5.02 Å². The Bertz CT molecular complexity index is 1150. The highest BCUT2D eigenvalue weighted by atomic mass is 35.5. The first kappa shape index (κ1) is 23.4. The van der Waals surface area contributed by atoms with Gasteiger partial charge in [0.1, 0.15) is 28.0 Å². The molecule has 0 bridgehead atoms. The normalized spacial score (nSPS) is 10.5. The molecule has 168 valence electrons. The van der Waals surface area contributed by atoms with Gasteiger partial charge >= 0.3 is 11.9 Å². The number of rotatable bonds is 8. The van der Waals surface area contributed by atoms with Crippen LogP contribution in [0.3, 0.4) is 0 Å². The van der Waals surface area contributed by atoms with Gasteiger partial charge in [-0.1, -0.05) is 17.7 Å². The Labute approximate surface area is 193 Å². The van der Waals surface area contributed by atoms with Gasteiger partial charge in [-0.15, -0.1) is 11.3 Å². The van der Waals surface area contributed by atoms with Crippen LogP contribution in [0, 0.1) is 6.92 Å². The molecule has 0 aliphatic carbocycles. The fourth-order valence-electron chi connectivity index (χ4n) is 2.79. The van der Waals surface area contributed by atoms with Gasteiger partial charge in [0.2, 0.25) is 0 Å². The third kappa shape index (κ3) is 5.30. The lowest BCUT2D eigenvalue weighted by Gasteiger charge is -2.05. The van der Waals surface area contributed by atoms with E-state index in [0.29, 0.717) is 22.1 Å². The summed E-state index contributed by atoms with van der Waals surface area (Å²) in [7, 11) is 1.22. The van der Waals surface area contributed by atoms with Crippen LogP contribution in [0.4, 0.5) is 5.00 Å². The van der Waals surface area contributed by atoms with Crippen LogP contribution in [0.25, 0.3) is 0 Å². The number of ether oxygens (including phenoxy) is 3. The molecule has 0 radical (unpaired) electrons. The van der Waals surface area contributed by atoms with Crippen molar-refractivity contribution < 1.29 is 33.0 Å². The lowest BCUT2D eigenvalue weighted by atomic mass is 10.1. The highest BCUT2D eigenvalue weighted by Crippen LogP contribution is 2.34. The van der Waals surface area contributed by atoms with Crippen molar-refractivity contribution in [3.63, 3.8) is 0 Å². The molecule has 1 N–H and O–H groups in total. The molecule has 3 rings (SSSR count). The summed E-state index contributed by atoms with van der Waals surface area (Å²) < 4.78 is 21.0. The molecule has 1 aromatic carbocycles. The summed E-state index contributed by atoms with van der Waals surface area (Å²) in [4.78, 5) is 37.3. The Kier molecular flexibility index (Phi) is 7.55. The number of anilines is 1. The van der Waals surface area contributed by atoms with Crippen molar-refractivity contribution in [2.24, 2.45) is 0 Å². The second-order valence-corrected chi connectivity index (χ2v) is 7.90. The number of furan rings is 1. The molecule has 1 amide bonds. The number of halogens is 1. The van der Waals surface area contributed by atoms with E-state index in [2.05, 4.69) is 5.32 Å². The maximum atomic E-state index is 12.7. The molecular formula is C22H20ClNO7S. The minimum absolute atomic E-state index is 0.00856. The van der Waals surface area contributed by atoms with Crippen molar-refractivity contribution in [2.75, 3.05) is 19.0 Å². The van der Waals surface area contributed by atoms with E-state index >= 15 is 0 Å². The SMILES string of the molecule is CCOC(=O)c1sc(NC(=O)c2ccc(COc3cccc(Cl)c3)o2)c(C(=O)OC)c1C. The summed E-state index contributed by atoms with van der Waals surface area (Å²) >= 11 is 6.86. The molecule has 0 aliphatic heterocycles. The van der Waals surface area contributed by atoms with E-state index in [1.54, 1.807) is 44.2 Å². The van der Waals surface area contributed by atoms with Gasteiger partial charge in [-0.2, -0.15) is 0 Å². The number of hydrogen-bond donors (Lipinski definition) is 1. The lowest BCUT2D eigenvalue weighted by Crippen LogP contribution is -2.13. The van der Waals surface area contributed by atoms with Gasteiger partial charge < -0.3 is 23.9 Å². The Morgan fingerprint density at radius 2 is 1.94 bits per heavy atom. The van der Waals surface area contributed by atoms with Crippen LogP contribution in [0.5, 0.6) is 5.75 Å². The van der Waals surface area contributed by atoms with Crippen LogP contribution in [0.1, 0.15) is 48.8 Å². The largest absolute Gasteiger partial charge is 0.486 e. The first-order chi connectivity index (χ1) is 15.3. The number of amides is 1. The van der Waals surface area contributed by atoms with Crippen LogP contribution in [-0.4, -0.2) is 31.6 Å². The number of methoxy groups -OCH3 is 1. The van der Waals surface area contributed by atoms with Gasteiger partial charge in [0.05, 0.1) is 19.3 Å². The smallest absolute Gasteiger partial charge is 0.348 e. The predicted octanol–water partition coefficient (Wildman–Crippen LogP) is 5.10. The molecule has 0 aliphatic rings. The number of thiophene rings is 1. The first-order valence-electron chi connectivity index (χ1n) is 9.51. The van der Waals surface area contributed by atoms with E-state index in [9.17, 15) is 14.4 Å². The standard InChI is InChI=1S/C22H20ClNO7S/c1-4-29-22(27)18-12(2)17(21(26)28-3)20(32-18)24-19(25)16-9-8-15(31-16)11-30-14-7-5-6-13(23)10-14/h5-10H,4,11H2,1-3H3,(H,24,25). The molecule has 32 heavy (non-hydrogen) atoms. The third-order valence-electron chi connectivity index (χ3n) is 4.29. The van der Waals surface area contributed by atoms with Crippen molar-refractivity contribution in [1.82, 2.24) is 0 Å². The molecule has 0 saturated carbocycles. The van der Waals surface area contributed by atoms with Crippen molar-refractivity contribution in [3.05, 3.63) is 68.9 Å². The number of esters is 2. The minimum Gasteiger partial charge on any atom is -0.486 e. The minimum atomic E-state index is -0.681. The maximum absolute atomic E-state index is 12.7. The molecular weight excluding hydrogens is 458 g/mol. The molecule has 0 saturated heterocycles. The summed E-state index contributed by atoms with van der Waals surface area (Å²) in [6.07, 6.45) is 0. The molecule has 3 aromatic rings. The molecule has 10 heteroatoms. The zero-order valence-electron chi connectivity index (χ0n) is 17.5. The van der Waals surface area contributed by atoms with Crippen LogP contribution in [0.15, 0.2) is 40.8 Å². The van der Waals surface area contributed by atoms with E-state index in [1.165, 1.54) is 13.2 Å². The second kappa shape index (κ2) is 10.3.